The average Bonchev–Trinajstić information content (AvgIpc) is 3.24. The van der Waals surface area contributed by atoms with E-state index in [9.17, 15) is 9.18 Å². The maximum atomic E-state index is 14.0. The van der Waals surface area contributed by atoms with Crippen LogP contribution in [0, 0.1) is 5.82 Å². The molecule has 2 aromatic carbocycles. The molecule has 1 amide bonds. The lowest BCUT2D eigenvalue weighted by molar-refractivity contribution is 0.0631. The Hall–Kier alpha value is -2.12. The summed E-state index contributed by atoms with van der Waals surface area (Å²) in [6.45, 7) is 3.35. The van der Waals surface area contributed by atoms with Crippen LogP contribution in [0.4, 0.5) is 4.39 Å². The fraction of sp³-hybridized carbons (Fsp3) is 0.261. The van der Waals surface area contributed by atoms with E-state index in [4.69, 9.17) is 27.9 Å². The monoisotopic (exact) mass is 478 g/mol. The van der Waals surface area contributed by atoms with Crippen LogP contribution in [0.1, 0.15) is 20.8 Å². The number of ether oxygens (including phenoxy) is 1. The van der Waals surface area contributed by atoms with Crippen molar-refractivity contribution in [2.45, 2.75) is 13.2 Å². The van der Waals surface area contributed by atoms with E-state index in [-0.39, 0.29) is 11.7 Å². The molecule has 0 atom stereocenters. The molecule has 1 aromatic heterocycles. The van der Waals surface area contributed by atoms with E-state index in [2.05, 4.69) is 4.90 Å². The molecule has 0 aliphatic carbocycles. The van der Waals surface area contributed by atoms with Crippen LogP contribution in [0.25, 0.3) is 0 Å². The predicted molar refractivity (Wildman–Crippen MR) is 123 cm³/mol. The van der Waals surface area contributed by atoms with Crippen LogP contribution in [0.15, 0.2) is 53.9 Å². The van der Waals surface area contributed by atoms with Crippen molar-refractivity contribution in [3.63, 3.8) is 0 Å². The van der Waals surface area contributed by atoms with Crippen LogP contribution >= 0.6 is 34.5 Å². The van der Waals surface area contributed by atoms with Crippen LogP contribution in [-0.2, 0) is 13.2 Å². The Morgan fingerprint density at radius 1 is 1.06 bits per heavy atom. The molecule has 1 fully saturated rings. The first-order valence-electron chi connectivity index (χ1n) is 9.90. The number of hydrogen-bond donors (Lipinski definition) is 0. The van der Waals surface area contributed by atoms with Gasteiger partial charge in [0.05, 0.1) is 4.88 Å². The maximum Gasteiger partial charge on any atom is 0.264 e. The van der Waals surface area contributed by atoms with E-state index in [0.29, 0.717) is 65.6 Å². The molecular formula is C23H21Cl2FN2O2S. The Morgan fingerprint density at radius 2 is 1.84 bits per heavy atom. The molecule has 0 radical (unpaired) electrons. The van der Waals surface area contributed by atoms with Gasteiger partial charge in [0, 0.05) is 53.9 Å². The Morgan fingerprint density at radius 3 is 2.58 bits per heavy atom. The first-order chi connectivity index (χ1) is 15.0. The minimum Gasteiger partial charge on any atom is -0.489 e. The predicted octanol–water partition coefficient (Wildman–Crippen LogP) is 5.73. The lowest BCUT2D eigenvalue weighted by Crippen LogP contribution is -2.48. The largest absolute Gasteiger partial charge is 0.489 e. The molecule has 0 spiro atoms. The Labute approximate surface area is 194 Å². The highest BCUT2D eigenvalue weighted by Crippen LogP contribution is 2.24. The molecule has 1 saturated heterocycles. The van der Waals surface area contributed by atoms with Crippen LogP contribution < -0.4 is 4.74 Å². The van der Waals surface area contributed by atoms with Crippen molar-refractivity contribution in [3.8, 4) is 5.75 Å². The zero-order chi connectivity index (χ0) is 21.8. The number of thiophene rings is 1. The van der Waals surface area contributed by atoms with Gasteiger partial charge in [-0.15, -0.1) is 11.3 Å². The zero-order valence-electron chi connectivity index (χ0n) is 16.7. The summed E-state index contributed by atoms with van der Waals surface area (Å²) in [4.78, 5) is 17.5. The van der Waals surface area contributed by atoms with Crippen molar-refractivity contribution in [2.75, 3.05) is 26.2 Å². The Bertz CT molecular complexity index is 1050. The van der Waals surface area contributed by atoms with Crippen molar-refractivity contribution >= 4 is 40.4 Å². The molecule has 0 unspecified atom stereocenters. The molecular weight excluding hydrogens is 458 g/mol. The van der Waals surface area contributed by atoms with Crippen LogP contribution in [0.2, 0.25) is 10.0 Å². The molecule has 1 aliphatic heterocycles. The first-order valence-corrected chi connectivity index (χ1v) is 11.5. The number of halogens is 3. The summed E-state index contributed by atoms with van der Waals surface area (Å²) in [5, 5.41) is 2.99. The van der Waals surface area contributed by atoms with E-state index >= 15 is 0 Å². The highest BCUT2D eigenvalue weighted by molar-refractivity contribution is 7.12. The number of rotatable bonds is 6. The zero-order valence-corrected chi connectivity index (χ0v) is 19.0. The summed E-state index contributed by atoms with van der Waals surface area (Å²) in [6, 6.07) is 13.8. The third-order valence-corrected chi connectivity index (χ3v) is 6.73. The second-order valence-electron chi connectivity index (χ2n) is 7.33. The number of amides is 1. The van der Waals surface area contributed by atoms with Gasteiger partial charge in [-0.25, -0.2) is 4.39 Å². The van der Waals surface area contributed by atoms with Crippen molar-refractivity contribution in [2.24, 2.45) is 0 Å². The van der Waals surface area contributed by atoms with Gasteiger partial charge >= 0.3 is 0 Å². The molecule has 0 bridgehead atoms. The van der Waals surface area contributed by atoms with Crippen LogP contribution in [-0.4, -0.2) is 41.9 Å². The highest BCUT2D eigenvalue weighted by atomic mass is 35.5. The van der Waals surface area contributed by atoms with Gasteiger partial charge in [-0.3, -0.25) is 9.69 Å². The molecule has 2 heterocycles. The summed E-state index contributed by atoms with van der Waals surface area (Å²) in [5.41, 5.74) is 1.45. The SMILES string of the molecule is O=C(c1cc(COc2cccc(Cl)c2)cs1)N1CCN(Cc2c(F)cccc2Cl)CC1. The summed E-state index contributed by atoms with van der Waals surface area (Å²) in [5.74, 6) is 0.414. The van der Waals surface area contributed by atoms with Gasteiger partial charge in [0.15, 0.2) is 0 Å². The first kappa shape index (κ1) is 22.1. The van der Waals surface area contributed by atoms with Gasteiger partial charge in [-0.2, -0.15) is 0 Å². The number of piperazine rings is 1. The van der Waals surface area contributed by atoms with Crippen molar-refractivity contribution in [1.29, 1.82) is 0 Å². The molecule has 4 nitrogen and oxygen atoms in total. The minimum absolute atomic E-state index is 0.0163. The smallest absolute Gasteiger partial charge is 0.264 e. The highest BCUT2D eigenvalue weighted by Gasteiger charge is 2.24. The summed E-state index contributed by atoms with van der Waals surface area (Å²) in [6.07, 6.45) is 0. The second kappa shape index (κ2) is 10.0. The normalized spacial score (nSPS) is 14.6. The van der Waals surface area contributed by atoms with Gasteiger partial charge < -0.3 is 9.64 Å². The molecule has 0 saturated carbocycles. The second-order valence-corrected chi connectivity index (χ2v) is 9.09. The van der Waals surface area contributed by atoms with E-state index in [1.807, 2.05) is 28.5 Å². The van der Waals surface area contributed by atoms with E-state index < -0.39 is 0 Å². The summed E-state index contributed by atoms with van der Waals surface area (Å²) in [7, 11) is 0. The van der Waals surface area contributed by atoms with Crippen molar-refractivity contribution < 1.29 is 13.9 Å². The Balaban J connectivity index is 1.30. The summed E-state index contributed by atoms with van der Waals surface area (Å²) >= 11 is 13.5. The summed E-state index contributed by atoms with van der Waals surface area (Å²) < 4.78 is 19.8. The molecule has 4 rings (SSSR count). The topological polar surface area (TPSA) is 32.8 Å². The quantitative estimate of drug-likeness (QED) is 0.453. The molecule has 31 heavy (non-hydrogen) atoms. The average molecular weight is 479 g/mol. The molecule has 8 heteroatoms. The number of carbonyl (C=O) groups excluding carboxylic acids is 1. The lowest BCUT2D eigenvalue weighted by Gasteiger charge is -2.34. The lowest BCUT2D eigenvalue weighted by atomic mass is 10.1. The standard InChI is InChI=1S/C23H21Cl2FN2O2S/c24-17-3-1-4-18(12-17)30-14-16-11-22(31-15-16)23(29)28-9-7-27(8-10-28)13-19-20(25)5-2-6-21(19)26/h1-6,11-12,15H,7-10,13-14H2. The van der Waals surface area contributed by atoms with Crippen LogP contribution in [0.3, 0.4) is 0 Å². The third-order valence-electron chi connectivity index (χ3n) is 5.17. The van der Waals surface area contributed by atoms with Gasteiger partial charge in [0.2, 0.25) is 0 Å². The molecule has 0 N–H and O–H groups in total. The van der Waals surface area contributed by atoms with Crippen molar-refractivity contribution in [1.82, 2.24) is 9.80 Å². The molecule has 1 aliphatic rings. The van der Waals surface area contributed by atoms with Crippen molar-refractivity contribution in [3.05, 3.63) is 85.8 Å². The van der Waals surface area contributed by atoms with Gasteiger partial charge in [-0.1, -0.05) is 35.3 Å². The van der Waals surface area contributed by atoms with E-state index in [1.165, 1.54) is 17.4 Å². The number of nitrogens with zero attached hydrogens (tertiary/aromatic N) is 2. The van der Waals surface area contributed by atoms with Gasteiger partial charge in [0.25, 0.3) is 5.91 Å². The van der Waals surface area contributed by atoms with E-state index in [1.54, 1.807) is 24.3 Å². The number of hydrogen-bond acceptors (Lipinski definition) is 4. The third kappa shape index (κ3) is 5.57. The minimum atomic E-state index is -0.294. The Kier molecular flexibility index (Phi) is 7.13. The van der Waals surface area contributed by atoms with E-state index in [0.717, 1.165) is 5.56 Å². The number of carbonyl (C=O) groups is 1. The maximum absolute atomic E-state index is 14.0. The van der Waals surface area contributed by atoms with Gasteiger partial charge in [0.1, 0.15) is 18.2 Å². The van der Waals surface area contributed by atoms with Crippen LogP contribution in [0.5, 0.6) is 5.75 Å². The molecule has 162 valence electrons. The number of benzene rings is 2. The fourth-order valence-corrected chi connectivity index (χ4v) is 4.73. The van der Waals surface area contributed by atoms with Gasteiger partial charge in [-0.05, 0) is 41.8 Å². The molecule has 3 aromatic rings. The fourth-order valence-electron chi connectivity index (χ4n) is 3.46.